The standard InChI is InChI=1S/C11H17NO/c1-9(8-12)7-10-5-3-4-6-11(10)13-2/h3-6,9H,7-8,12H2,1-2H3/t9-/m1/s1. The Morgan fingerprint density at radius 2 is 2.08 bits per heavy atom. The van der Waals surface area contributed by atoms with Gasteiger partial charge in [0, 0.05) is 0 Å². The van der Waals surface area contributed by atoms with Gasteiger partial charge in [0.05, 0.1) is 7.11 Å². The first-order valence-electron chi connectivity index (χ1n) is 4.60. The quantitative estimate of drug-likeness (QED) is 0.765. The van der Waals surface area contributed by atoms with E-state index >= 15 is 0 Å². The number of methoxy groups -OCH3 is 1. The Balaban J connectivity index is 2.74. The predicted molar refractivity (Wildman–Crippen MR) is 54.9 cm³/mol. The van der Waals surface area contributed by atoms with E-state index in [2.05, 4.69) is 13.0 Å². The molecular formula is C11H17NO. The molecule has 0 spiro atoms. The molecule has 13 heavy (non-hydrogen) atoms. The molecule has 2 heteroatoms. The van der Waals surface area contributed by atoms with Gasteiger partial charge in [0.2, 0.25) is 0 Å². The van der Waals surface area contributed by atoms with Crippen molar-refractivity contribution in [1.82, 2.24) is 0 Å². The van der Waals surface area contributed by atoms with Crippen molar-refractivity contribution in [3.8, 4) is 5.75 Å². The first-order chi connectivity index (χ1) is 6.27. The fourth-order valence-electron chi connectivity index (χ4n) is 1.33. The number of rotatable bonds is 4. The van der Waals surface area contributed by atoms with Crippen LogP contribution in [0.3, 0.4) is 0 Å². The summed E-state index contributed by atoms with van der Waals surface area (Å²) < 4.78 is 5.25. The number of nitrogens with two attached hydrogens (primary N) is 1. The monoisotopic (exact) mass is 179 g/mol. The predicted octanol–water partition coefficient (Wildman–Crippen LogP) is 1.83. The van der Waals surface area contributed by atoms with Gasteiger partial charge < -0.3 is 10.5 Å². The van der Waals surface area contributed by atoms with Crippen LogP contribution in [0.15, 0.2) is 24.3 Å². The lowest BCUT2D eigenvalue weighted by Crippen LogP contribution is -2.13. The number of ether oxygens (including phenoxy) is 1. The maximum atomic E-state index is 5.57. The number of hydrogen-bond acceptors (Lipinski definition) is 2. The van der Waals surface area contributed by atoms with Gasteiger partial charge in [-0.25, -0.2) is 0 Å². The Hall–Kier alpha value is -1.02. The van der Waals surface area contributed by atoms with Crippen molar-refractivity contribution in [1.29, 1.82) is 0 Å². The molecule has 0 heterocycles. The molecule has 0 saturated heterocycles. The third-order valence-electron chi connectivity index (χ3n) is 2.16. The van der Waals surface area contributed by atoms with E-state index in [9.17, 15) is 0 Å². The van der Waals surface area contributed by atoms with Crippen LogP contribution in [0, 0.1) is 5.92 Å². The van der Waals surface area contributed by atoms with Crippen molar-refractivity contribution < 1.29 is 4.74 Å². The van der Waals surface area contributed by atoms with Gasteiger partial charge in [0.1, 0.15) is 5.75 Å². The van der Waals surface area contributed by atoms with Gasteiger partial charge in [-0.1, -0.05) is 25.1 Å². The van der Waals surface area contributed by atoms with Crippen molar-refractivity contribution in [2.24, 2.45) is 11.7 Å². The molecule has 0 bridgehead atoms. The van der Waals surface area contributed by atoms with Crippen LogP contribution in [-0.2, 0) is 6.42 Å². The normalized spacial score (nSPS) is 12.5. The van der Waals surface area contributed by atoms with Crippen LogP contribution in [0.4, 0.5) is 0 Å². The summed E-state index contributed by atoms with van der Waals surface area (Å²) in [6.07, 6.45) is 0.987. The lowest BCUT2D eigenvalue weighted by Gasteiger charge is -2.11. The highest BCUT2D eigenvalue weighted by atomic mass is 16.5. The van der Waals surface area contributed by atoms with E-state index in [4.69, 9.17) is 10.5 Å². The molecule has 0 radical (unpaired) electrons. The van der Waals surface area contributed by atoms with Gasteiger partial charge in [0.15, 0.2) is 0 Å². The Morgan fingerprint density at radius 1 is 1.38 bits per heavy atom. The van der Waals surface area contributed by atoms with Gasteiger partial charge in [-0.05, 0) is 30.5 Å². The molecule has 0 unspecified atom stereocenters. The lowest BCUT2D eigenvalue weighted by molar-refractivity contribution is 0.406. The van der Waals surface area contributed by atoms with Crippen molar-refractivity contribution in [2.45, 2.75) is 13.3 Å². The molecule has 0 fully saturated rings. The molecule has 0 aromatic heterocycles. The summed E-state index contributed by atoms with van der Waals surface area (Å²) in [5, 5.41) is 0. The topological polar surface area (TPSA) is 35.2 Å². The molecule has 1 rings (SSSR count). The van der Waals surface area contributed by atoms with Crippen molar-refractivity contribution in [2.75, 3.05) is 13.7 Å². The Labute approximate surface area is 79.7 Å². The van der Waals surface area contributed by atoms with Crippen LogP contribution in [-0.4, -0.2) is 13.7 Å². The first-order valence-corrected chi connectivity index (χ1v) is 4.60. The summed E-state index contributed by atoms with van der Waals surface area (Å²) in [7, 11) is 1.70. The second-order valence-corrected chi connectivity index (χ2v) is 3.36. The molecule has 72 valence electrons. The van der Waals surface area contributed by atoms with Crippen LogP contribution < -0.4 is 10.5 Å². The third kappa shape index (κ3) is 2.74. The third-order valence-corrected chi connectivity index (χ3v) is 2.16. The maximum Gasteiger partial charge on any atom is 0.122 e. The van der Waals surface area contributed by atoms with E-state index in [1.807, 2.05) is 18.2 Å². The van der Waals surface area contributed by atoms with Crippen LogP contribution in [0.2, 0.25) is 0 Å². The first kappa shape index (κ1) is 10.1. The number of para-hydroxylation sites is 1. The van der Waals surface area contributed by atoms with Crippen molar-refractivity contribution in [3.05, 3.63) is 29.8 Å². The fraction of sp³-hybridized carbons (Fsp3) is 0.455. The van der Waals surface area contributed by atoms with E-state index in [1.54, 1.807) is 7.11 Å². The van der Waals surface area contributed by atoms with E-state index in [-0.39, 0.29) is 0 Å². The van der Waals surface area contributed by atoms with Crippen LogP contribution in [0.1, 0.15) is 12.5 Å². The molecule has 1 atom stereocenters. The Kier molecular flexibility index (Phi) is 3.77. The summed E-state index contributed by atoms with van der Waals surface area (Å²) in [5.41, 5.74) is 6.81. The molecule has 0 aliphatic carbocycles. The molecule has 0 saturated carbocycles. The Morgan fingerprint density at radius 3 is 2.69 bits per heavy atom. The SMILES string of the molecule is COc1ccccc1C[C@@H](C)CN. The summed E-state index contributed by atoms with van der Waals surface area (Å²) in [4.78, 5) is 0. The molecule has 2 nitrogen and oxygen atoms in total. The van der Waals surface area contributed by atoms with E-state index < -0.39 is 0 Å². The average Bonchev–Trinajstić information content (AvgIpc) is 2.18. The summed E-state index contributed by atoms with van der Waals surface area (Å²) in [6, 6.07) is 8.08. The molecule has 0 aliphatic rings. The minimum absolute atomic E-state index is 0.510. The molecule has 2 N–H and O–H groups in total. The van der Waals surface area contributed by atoms with Gasteiger partial charge >= 0.3 is 0 Å². The smallest absolute Gasteiger partial charge is 0.122 e. The molecular weight excluding hydrogens is 162 g/mol. The zero-order valence-electron chi connectivity index (χ0n) is 8.29. The minimum atomic E-state index is 0.510. The fourth-order valence-corrected chi connectivity index (χ4v) is 1.33. The van der Waals surface area contributed by atoms with E-state index in [0.717, 1.165) is 18.7 Å². The van der Waals surface area contributed by atoms with Gasteiger partial charge in [0.25, 0.3) is 0 Å². The summed E-state index contributed by atoms with van der Waals surface area (Å²) in [5.74, 6) is 1.47. The zero-order valence-corrected chi connectivity index (χ0v) is 8.29. The zero-order chi connectivity index (χ0) is 9.68. The molecule has 1 aromatic carbocycles. The summed E-state index contributed by atoms with van der Waals surface area (Å²) >= 11 is 0. The second kappa shape index (κ2) is 4.87. The number of benzene rings is 1. The van der Waals surface area contributed by atoms with Crippen molar-refractivity contribution in [3.63, 3.8) is 0 Å². The molecule has 0 aliphatic heterocycles. The highest BCUT2D eigenvalue weighted by molar-refractivity contribution is 5.33. The number of hydrogen-bond donors (Lipinski definition) is 1. The van der Waals surface area contributed by atoms with Crippen LogP contribution in [0.25, 0.3) is 0 Å². The Bertz CT molecular complexity index is 260. The van der Waals surface area contributed by atoms with E-state index in [1.165, 1.54) is 5.56 Å². The highest BCUT2D eigenvalue weighted by Crippen LogP contribution is 2.20. The molecule has 0 amide bonds. The van der Waals surface area contributed by atoms with E-state index in [0.29, 0.717) is 5.92 Å². The van der Waals surface area contributed by atoms with Crippen LogP contribution in [0.5, 0.6) is 5.75 Å². The van der Waals surface area contributed by atoms with Gasteiger partial charge in [-0.2, -0.15) is 0 Å². The van der Waals surface area contributed by atoms with Gasteiger partial charge in [-0.3, -0.25) is 0 Å². The summed E-state index contributed by atoms with van der Waals surface area (Å²) in [6.45, 7) is 2.87. The van der Waals surface area contributed by atoms with Gasteiger partial charge in [-0.15, -0.1) is 0 Å². The minimum Gasteiger partial charge on any atom is -0.496 e. The maximum absolute atomic E-state index is 5.57. The van der Waals surface area contributed by atoms with Crippen molar-refractivity contribution >= 4 is 0 Å². The second-order valence-electron chi connectivity index (χ2n) is 3.36. The van der Waals surface area contributed by atoms with Crippen LogP contribution >= 0.6 is 0 Å². The highest BCUT2D eigenvalue weighted by Gasteiger charge is 2.05. The molecule has 1 aromatic rings. The average molecular weight is 179 g/mol. The largest absolute Gasteiger partial charge is 0.496 e. The lowest BCUT2D eigenvalue weighted by atomic mass is 10.0.